The molecule has 6 heteroatoms. The predicted molar refractivity (Wildman–Crippen MR) is 102 cm³/mol. The first-order valence-corrected chi connectivity index (χ1v) is 8.68. The fourth-order valence-electron chi connectivity index (χ4n) is 2.70. The highest BCUT2D eigenvalue weighted by atomic mass is 32.1. The molecular weight excluding hydrogens is 346 g/mol. The summed E-state index contributed by atoms with van der Waals surface area (Å²) in [6.07, 6.45) is 0. The van der Waals surface area contributed by atoms with Crippen molar-refractivity contribution in [3.63, 3.8) is 0 Å². The lowest BCUT2D eigenvalue weighted by Gasteiger charge is -2.11. The fraction of sp³-hybridized carbons (Fsp3) is 0. The van der Waals surface area contributed by atoms with Crippen LogP contribution in [0, 0.1) is 0 Å². The molecule has 4 aromatic rings. The molecule has 0 aliphatic carbocycles. The molecule has 0 atom stereocenters. The fourth-order valence-corrected chi connectivity index (χ4v) is 3.25. The molecule has 0 aliphatic heterocycles. The highest BCUT2D eigenvalue weighted by Gasteiger charge is 2.21. The standard InChI is InChI=1S/C20H13N3O2S/c24-19(13-7-3-1-4-8-13)17-15(11-12-16-18(17)23-26-22-16)21-20(25)14-9-5-2-6-10-14/h1-12H,(H,21,25). The Kier molecular flexibility index (Phi) is 4.25. The van der Waals surface area contributed by atoms with Gasteiger partial charge >= 0.3 is 0 Å². The molecule has 1 heterocycles. The van der Waals surface area contributed by atoms with Crippen molar-refractivity contribution in [3.05, 3.63) is 89.5 Å². The van der Waals surface area contributed by atoms with E-state index < -0.39 is 0 Å². The molecule has 0 fully saturated rings. The van der Waals surface area contributed by atoms with Gasteiger partial charge in [0.1, 0.15) is 11.0 Å². The van der Waals surface area contributed by atoms with Crippen LogP contribution in [0.5, 0.6) is 0 Å². The molecule has 0 bridgehead atoms. The van der Waals surface area contributed by atoms with Crippen LogP contribution in [-0.4, -0.2) is 20.4 Å². The number of aromatic nitrogens is 2. The van der Waals surface area contributed by atoms with E-state index in [1.54, 1.807) is 60.7 Å². The Morgan fingerprint density at radius 3 is 2.12 bits per heavy atom. The van der Waals surface area contributed by atoms with Crippen LogP contribution in [0.15, 0.2) is 72.8 Å². The lowest BCUT2D eigenvalue weighted by atomic mass is 10.00. The first-order chi connectivity index (χ1) is 12.7. The normalized spacial score (nSPS) is 10.6. The summed E-state index contributed by atoms with van der Waals surface area (Å²) in [5.74, 6) is -0.484. The average molecular weight is 359 g/mol. The number of carbonyl (C=O) groups is 2. The largest absolute Gasteiger partial charge is 0.321 e. The second-order valence-corrected chi connectivity index (χ2v) is 6.16. The summed E-state index contributed by atoms with van der Waals surface area (Å²) < 4.78 is 8.46. The quantitative estimate of drug-likeness (QED) is 0.555. The number of ketones is 1. The Hall–Kier alpha value is -3.38. The van der Waals surface area contributed by atoms with Gasteiger partial charge in [-0.15, -0.1) is 0 Å². The minimum atomic E-state index is -0.282. The van der Waals surface area contributed by atoms with Gasteiger partial charge in [-0.2, -0.15) is 8.75 Å². The monoisotopic (exact) mass is 359 g/mol. The van der Waals surface area contributed by atoms with Crippen molar-refractivity contribution in [3.8, 4) is 0 Å². The molecule has 0 aliphatic rings. The molecule has 1 N–H and O–H groups in total. The van der Waals surface area contributed by atoms with Crippen LogP contribution >= 0.6 is 11.7 Å². The zero-order valence-electron chi connectivity index (χ0n) is 13.5. The van der Waals surface area contributed by atoms with Crippen LogP contribution in [0.4, 0.5) is 5.69 Å². The zero-order valence-corrected chi connectivity index (χ0v) is 14.4. The molecule has 5 nitrogen and oxygen atoms in total. The van der Waals surface area contributed by atoms with E-state index in [1.807, 2.05) is 12.1 Å². The second kappa shape index (κ2) is 6.85. The van der Waals surface area contributed by atoms with E-state index in [-0.39, 0.29) is 11.7 Å². The van der Waals surface area contributed by atoms with E-state index in [9.17, 15) is 9.59 Å². The molecule has 0 saturated carbocycles. The van der Waals surface area contributed by atoms with Gasteiger partial charge in [0.25, 0.3) is 5.91 Å². The molecule has 0 saturated heterocycles. The second-order valence-electron chi connectivity index (χ2n) is 5.64. The Morgan fingerprint density at radius 1 is 0.769 bits per heavy atom. The topological polar surface area (TPSA) is 72.0 Å². The SMILES string of the molecule is O=C(Nc1ccc2nsnc2c1C(=O)c1ccccc1)c1ccccc1. The zero-order chi connectivity index (χ0) is 17.9. The van der Waals surface area contributed by atoms with Crippen LogP contribution in [0.1, 0.15) is 26.3 Å². The highest BCUT2D eigenvalue weighted by Crippen LogP contribution is 2.28. The average Bonchev–Trinajstić information content (AvgIpc) is 3.17. The van der Waals surface area contributed by atoms with Crippen molar-refractivity contribution in [2.45, 2.75) is 0 Å². The van der Waals surface area contributed by atoms with Crippen LogP contribution in [0.2, 0.25) is 0 Å². The van der Waals surface area contributed by atoms with E-state index >= 15 is 0 Å². The Morgan fingerprint density at radius 2 is 1.42 bits per heavy atom. The number of fused-ring (bicyclic) bond motifs is 1. The third-order valence-electron chi connectivity index (χ3n) is 3.98. The van der Waals surface area contributed by atoms with Gasteiger partial charge < -0.3 is 5.32 Å². The highest BCUT2D eigenvalue weighted by molar-refractivity contribution is 7.00. The number of nitrogens with zero attached hydrogens (tertiary/aromatic N) is 2. The van der Waals surface area contributed by atoms with Crippen LogP contribution in [0.3, 0.4) is 0 Å². The number of hydrogen-bond acceptors (Lipinski definition) is 5. The molecule has 26 heavy (non-hydrogen) atoms. The predicted octanol–water partition coefficient (Wildman–Crippen LogP) is 4.17. The van der Waals surface area contributed by atoms with Crippen molar-refractivity contribution >= 4 is 40.1 Å². The summed E-state index contributed by atoms with van der Waals surface area (Å²) in [6, 6.07) is 21.2. The number of benzene rings is 3. The van der Waals surface area contributed by atoms with E-state index in [0.717, 1.165) is 11.7 Å². The Balaban J connectivity index is 1.80. The molecule has 126 valence electrons. The molecular formula is C20H13N3O2S. The van der Waals surface area contributed by atoms with E-state index in [1.165, 1.54) is 0 Å². The third-order valence-corrected chi connectivity index (χ3v) is 4.52. The van der Waals surface area contributed by atoms with Crippen LogP contribution in [-0.2, 0) is 0 Å². The number of amides is 1. The summed E-state index contributed by atoms with van der Waals surface area (Å²) >= 11 is 1.04. The minimum Gasteiger partial charge on any atom is -0.321 e. The molecule has 1 amide bonds. The van der Waals surface area contributed by atoms with Gasteiger partial charge in [-0.25, -0.2) is 0 Å². The van der Waals surface area contributed by atoms with Crippen molar-refractivity contribution in [2.75, 3.05) is 5.32 Å². The van der Waals surface area contributed by atoms with Gasteiger partial charge in [0.2, 0.25) is 0 Å². The number of carbonyl (C=O) groups excluding carboxylic acids is 2. The number of anilines is 1. The van der Waals surface area contributed by atoms with E-state index in [4.69, 9.17) is 0 Å². The van der Waals surface area contributed by atoms with Crippen molar-refractivity contribution < 1.29 is 9.59 Å². The van der Waals surface area contributed by atoms with Gasteiger partial charge in [0.15, 0.2) is 5.78 Å². The molecule has 0 radical (unpaired) electrons. The lowest BCUT2D eigenvalue weighted by Crippen LogP contribution is -2.15. The van der Waals surface area contributed by atoms with Gasteiger partial charge in [0, 0.05) is 11.1 Å². The number of nitrogens with one attached hydrogen (secondary N) is 1. The first-order valence-electron chi connectivity index (χ1n) is 7.95. The van der Waals surface area contributed by atoms with Crippen molar-refractivity contribution in [1.29, 1.82) is 0 Å². The van der Waals surface area contributed by atoms with Crippen LogP contribution in [0.25, 0.3) is 11.0 Å². The number of rotatable bonds is 4. The molecule has 4 rings (SSSR count). The van der Waals surface area contributed by atoms with E-state index in [0.29, 0.717) is 33.4 Å². The summed E-state index contributed by atoms with van der Waals surface area (Å²) in [5.41, 5.74) is 2.95. The van der Waals surface area contributed by atoms with Gasteiger partial charge in [-0.1, -0.05) is 48.5 Å². The van der Waals surface area contributed by atoms with Crippen molar-refractivity contribution in [2.24, 2.45) is 0 Å². The van der Waals surface area contributed by atoms with Gasteiger partial charge in [0.05, 0.1) is 23.0 Å². The minimum absolute atomic E-state index is 0.202. The third kappa shape index (κ3) is 2.98. The van der Waals surface area contributed by atoms with Crippen LogP contribution < -0.4 is 5.32 Å². The summed E-state index contributed by atoms with van der Waals surface area (Å²) in [5, 5.41) is 2.84. The smallest absolute Gasteiger partial charge is 0.255 e. The maximum absolute atomic E-state index is 13.1. The Bertz CT molecular complexity index is 1090. The molecule has 1 aromatic heterocycles. The van der Waals surface area contributed by atoms with Gasteiger partial charge in [-0.05, 0) is 24.3 Å². The summed E-state index contributed by atoms with van der Waals surface area (Å²) in [4.78, 5) is 25.6. The summed E-state index contributed by atoms with van der Waals surface area (Å²) in [7, 11) is 0. The molecule has 0 spiro atoms. The van der Waals surface area contributed by atoms with E-state index in [2.05, 4.69) is 14.1 Å². The molecule has 3 aromatic carbocycles. The lowest BCUT2D eigenvalue weighted by molar-refractivity contribution is 0.102. The molecule has 0 unspecified atom stereocenters. The first kappa shape index (κ1) is 16.1. The summed E-state index contributed by atoms with van der Waals surface area (Å²) in [6.45, 7) is 0. The Labute approximate surface area is 153 Å². The number of hydrogen-bond donors (Lipinski definition) is 1. The maximum atomic E-state index is 13.1. The van der Waals surface area contributed by atoms with Gasteiger partial charge in [-0.3, -0.25) is 9.59 Å². The van der Waals surface area contributed by atoms with Crippen molar-refractivity contribution in [1.82, 2.24) is 8.75 Å². The maximum Gasteiger partial charge on any atom is 0.255 e.